The lowest BCUT2D eigenvalue weighted by Crippen LogP contribution is -2.13. The van der Waals surface area contributed by atoms with E-state index in [0.29, 0.717) is 26.7 Å². The number of anilines is 1. The van der Waals surface area contributed by atoms with E-state index in [1.54, 1.807) is 0 Å². The number of carbonyl (C=O) groups is 1. The SMILES string of the molecule is O=C(CSc1nc2cc3c(cc2cc1Cl)OCO3)Nc1nc2ccccc2s1. The number of thiazole rings is 1. The van der Waals surface area contributed by atoms with Gasteiger partial charge in [0, 0.05) is 11.5 Å². The molecule has 6 nitrogen and oxygen atoms in total. The largest absolute Gasteiger partial charge is 0.454 e. The molecule has 0 unspecified atom stereocenters. The average molecular weight is 430 g/mol. The molecule has 0 atom stereocenters. The third-order valence-corrected chi connectivity index (χ3v) is 6.45. The summed E-state index contributed by atoms with van der Waals surface area (Å²) in [6.45, 7) is 0.201. The number of fused-ring (bicyclic) bond motifs is 3. The number of nitrogens with zero attached hydrogens (tertiary/aromatic N) is 2. The van der Waals surface area contributed by atoms with Crippen LogP contribution < -0.4 is 14.8 Å². The van der Waals surface area contributed by atoms with Crippen molar-refractivity contribution in [3.8, 4) is 11.5 Å². The van der Waals surface area contributed by atoms with Crippen LogP contribution in [0.25, 0.3) is 21.1 Å². The highest BCUT2D eigenvalue weighted by Gasteiger charge is 2.17. The number of rotatable bonds is 4. The van der Waals surface area contributed by atoms with Crippen molar-refractivity contribution in [1.82, 2.24) is 9.97 Å². The molecule has 0 radical (unpaired) electrons. The number of para-hydroxylation sites is 1. The zero-order valence-corrected chi connectivity index (χ0v) is 16.7. The number of halogens is 1. The van der Waals surface area contributed by atoms with Crippen LogP contribution in [0, 0.1) is 0 Å². The quantitative estimate of drug-likeness (QED) is 0.462. The molecular weight excluding hydrogens is 418 g/mol. The molecule has 1 aliphatic heterocycles. The highest BCUT2D eigenvalue weighted by molar-refractivity contribution is 8.00. The lowest BCUT2D eigenvalue weighted by Gasteiger charge is -2.07. The van der Waals surface area contributed by atoms with Gasteiger partial charge < -0.3 is 14.8 Å². The minimum atomic E-state index is -0.160. The molecule has 1 aliphatic rings. The Kier molecular flexibility index (Phi) is 4.46. The molecule has 0 fully saturated rings. The summed E-state index contributed by atoms with van der Waals surface area (Å²) in [5, 5.41) is 5.35. The average Bonchev–Trinajstić information content (AvgIpc) is 3.30. The maximum Gasteiger partial charge on any atom is 0.236 e. The van der Waals surface area contributed by atoms with E-state index in [2.05, 4.69) is 15.3 Å². The summed E-state index contributed by atoms with van der Waals surface area (Å²) in [4.78, 5) is 21.3. The van der Waals surface area contributed by atoms with Gasteiger partial charge in [-0.1, -0.05) is 46.8 Å². The molecule has 0 spiro atoms. The van der Waals surface area contributed by atoms with Gasteiger partial charge in [-0.05, 0) is 24.3 Å². The molecule has 5 rings (SSSR count). The van der Waals surface area contributed by atoms with E-state index in [4.69, 9.17) is 21.1 Å². The monoisotopic (exact) mass is 429 g/mol. The molecule has 4 aromatic rings. The van der Waals surface area contributed by atoms with Gasteiger partial charge in [-0.25, -0.2) is 9.97 Å². The molecule has 9 heteroatoms. The summed E-state index contributed by atoms with van der Waals surface area (Å²) in [7, 11) is 0. The first-order valence-corrected chi connectivity index (χ1v) is 10.5. The van der Waals surface area contributed by atoms with Crippen molar-refractivity contribution in [3.63, 3.8) is 0 Å². The molecule has 0 saturated heterocycles. The van der Waals surface area contributed by atoms with E-state index in [9.17, 15) is 4.79 Å². The molecule has 140 valence electrons. The number of aromatic nitrogens is 2. The zero-order chi connectivity index (χ0) is 19.1. The van der Waals surface area contributed by atoms with Crippen LogP contribution in [0.2, 0.25) is 5.02 Å². The molecule has 1 amide bonds. The number of pyridine rings is 1. The number of benzene rings is 2. The maximum absolute atomic E-state index is 12.3. The van der Waals surface area contributed by atoms with Crippen molar-refractivity contribution in [2.75, 3.05) is 17.9 Å². The molecule has 0 aliphatic carbocycles. The minimum absolute atomic E-state index is 0.160. The van der Waals surface area contributed by atoms with Crippen LogP contribution in [-0.4, -0.2) is 28.4 Å². The predicted octanol–water partition coefficient (Wildman–Crippen LogP) is 4.96. The first kappa shape index (κ1) is 17.5. The van der Waals surface area contributed by atoms with Gasteiger partial charge in [-0.15, -0.1) is 0 Å². The van der Waals surface area contributed by atoms with Gasteiger partial charge in [0.15, 0.2) is 16.6 Å². The molecule has 3 heterocycles. The van der Waals surface area contributed by atoms with Gasteiger partial charge in [0.2, 0.25) is 12.7 Å². The van der Waals surface area contributed by atoms with Crippen LogP contribution in [0.1, 0.15) is 0 Å². The van der Waals surface area contributed by atoms with Gasteiger partial charge in [-0.2, -0.15) is 0 Å². The first-order valence-electron chi connectivity index (χ1n) is 8.34. The second kappa shape index (κ2) is 7.12. The van der Waals surface area contributed by atoms with Crippen LogP contribution in [0.4, 0.5) is 5.13 Å². The fourth-order valence-electron chi connectivity index (χ4n) is 2.84. The Balaban J connectivity index is 1.31. The predicted molar refractivity (Wildman–Crippen MR) is 112 cm³/mol. The third-order valence-electron chi connectivity index (χ3n) is 4.11. The zero-order valence-electron chi connectivity index (χ0n) is 14.3. The Labute approximate surface area is 172 Å². The van der Waals surface area contributed by atoms with Crippen LogP contribution in [0.5, 0.6) is 11.5 Å². The highest BCUT2D eigenvalue weighted by atomic mass is 35.5. The van der Waals surface area contributed by atoms with E-state index in [0.717, 1.165) is 21.1 Å². The van der Waals surface area contributed by atoms with E-state index in [-0.39, 0.29) is 18.5 Å². The Morgan fingerprint density at radius 3 is 2.82 bits per heavy atom. The molecule has 2 aromatic heterocycles. The summed E-state index contributed by atoms with van der Waals surface area (Å²) >= 11 is 9.08. The van der Waals surface area contributed by atoms with Crippen LogP contribution >= 0.6 is 34.7 Å². The smallest absolute Gasteiger partial charge is 0.236 e. The number of carbonyl (C=O) groups excluding carboxylic acids is 1. The van der Waals surface area contributed by atoms with Crippen molar-refractivity contribution in [1.29, 1.82) is 0 Å². The molecule has 2 aromatic carbocycles. The summed E-state index contributed by atoms with van der Waals surface area (Å²) in [6, 6.07) is 13.2. The fraction of sp³-hybridized carbons (Fsp3) is 0.105. The number of ether oxygens (including phenoxy) is 2. The van der Waals surface area contributed by atoms with Crippen molar-refractivity contribution < 1.29 is 14.3 Å². The number of nitrogens with one attached hydrogen (secondary N) is 1. The maximum atomic E-state index is 12.3. The van der Waals surface area contributed by atoms with Crippen molar-refractivity contribution in [3.05, 3.63) is 47.5 Å². The number of thioether (sulfide) groups is 1. The first-order chi connectivity index (χ1) is 13.7. The van der Waals surface area contributed by atoms with Gasteiger partial charge in [0.1, 0.15) is 5.03 Å². The van der Waals surface area contributed by atoms with Gasteiger partial charge >= 0.3 is 0 Å². The van der Waals surface area contributed by atoms with E-state index < -0.39 is 0 Å². The lowest BCUT2D eigenvalue weighted by molar-refractivity contribution is -0.113. The van der Waals surface area contributed by atoms with Crippen molar-refractivity contribution in [2.45, 2.75) is 5.03 Å². The van der Waals surface area contributed by atoms with Crippen LogP contribution in [0.15, 0.2) is 47.5 Å². The highest BCUT2D eigenvalue weighted by Crippen LogP contribution is 2.38. The van der Waals surface area contributed by atoms with Crippen LogP contribution in [0.3, 0.4) is 0 Å². The molecular formula is C19H12ClN3O3S2. The van der Waals surface area contributed by atoms with E-state index >= 15 is 0 Å². The topological polar surface area (TPSA) is 73.3 Å². The normalized spacial score (nSPS) is 12.6. The van der Waals surface area contributed by atoms with Gasteiger partial charge in [0.25, 0.3) is 0 Å². The van der Waals surface area contributed by atoms with E-state index in [1.807, 2.05) is 42.5 Å². The number of hydrogen-bond acceptors (Lipinski definition) is 7. The summed E-state index contributed by atoms with van der Waals surface area (Å²) in [6.07, 6.45) is 0. The Hall–Kier alpha value is -2.55. The standard InChI is InChI=1S/C19H12ClN3O3S2/c20-11-5-10-6-14-15(26-9-25-14)7-13(10)21-18(11)27-8-17(24)23-19-22-12-3-1-2-4-16(12)28-19/h1-7H,8-9H2,(H,22,23,24). The molecule has 0 bridgehead atoms. The number of hydrogen-bond donors (Lipinski definition) is 1. The summed E-state index contributed by atoms with van der Waals surface area (Å²) in [5.41, 5.74) is 1.61. The van der Waals surface area contributed by atoms with Crippen LogP contribution in [-0.2, 0) is 4.79 Å². The minimum Gasteiger partial charge on any atom is -0.454 e. The second-order valence-electron chi connectivity index (χ2n) is 6.00. The third kappa shape index (κ3) is 3.34. The molecule has 1 N–H and O–H groups in total. The fourth-order valence-corrected chi connectivity index (χ4v) is 4.74. The molecule has 0 saturated carbocycles. The second-order valence-corrected chi connectivity index (χ2v) is 8.40. The summed E-state index contributed by atoms with van der Waals surface area (Å²) in [5.74, 6) is 1.36. The summed E-state index contributed by atoms with van der Waals surface area (Å²) < 4.78 is 11.8. The number of amides is 1. The van der Waals surface area contributed by atoms with Crippen molar-refractivity contribution >= 4 is 66.9 Å². The van der Waals surface area contributed by atoms with Gasteiger partial charge in [0.05, 0.1) is 26.5 Å². The van der Waals surface area contributed by atoms with Crippen molar-refractivity contribution in [2.24, 2.45) is 0 Å². The lowest BCUT2D eigenvalue weighted by atomic mass is 10.2. The Morgan fingerprint density at radius 1 is 1.14 bits per heavy atom. The molecule has 28 heavy (non-hydrogen) atoms. The Bertz CT molecular complexity index is 1190. The van der Waals surface area contributed by atoms with Gasteiger partial charge in [-0.3, -0.25) is 4.79 Å². The Morgan fingerprint density at radius 2 is 1.96 bits per heavy atom. The van der Waals surface area contributed by atoms with E-state index in [1.165, 1.54) is 23.1 Å².